The van der Waals surface area contributed by atoms with Crippen molar-refractivity contribution in [2.75, 3.05) is 20.2 Å². The first-order valence-corrected chi connectivity index (χ1v) is 7.95. The van der Waals surface area contributed by atoms with E-state index in [-0.39, 0.29) is 17.4 Å². The van der Waals surface area contributed by atoms with Crippen LogP contribution in [0.25, 0.3) is 0 Å². The van der Waals surface area contributed by atoms with Gasteiger partial charge in [-0.1, -0.05) is 11.6 Å². The molecule has 120 valence electrons. The Morgan fingerprint density at radius 1 is 1.59 bits per heavy atom. The lowest BCUT2D eigenvalue weighted by Gasteiger charge is -2.45. The summed E-state index contributed by atoms with van der Waals surface area (Å²) in [5.74, 6) is 0.137. The van der Waals surface area contributed by atoms with Crippen molar-refractivity contribution in [3.63, 3.8) is 0 Å². The maximum atomic E-state index is 9.85. The fourth-order valence-electron chi connectivity index (χ4n) is 3.50. The van der Waals surface area contributed by atoms with Crippen LogP contribution in [0.3, 0.4) is 0 Å². The topological polar surface area (TPSA) is 79.5 Å². The molecule has 22 heavy (non-hydrogen) atoms. The van der Waals surface area contributed by atoms with E-state index in [1.807, 2.05) is 19.3 Å². The molecule has 5 nitrogen and oxygen atoms in total. The number of nitrogens with one attached hydrogen (secondary N) is 2. The summed E-state index contributed by atoms with van der Waals surface area (Å²) < 4.78 is 6.20. The van der Waals surface area contributed by atoms with Gasteiger partial charge in [0.1, 0.15) is 5.75 Å². The summed E-state index contributed by atoms with van der Waals surface area (Å²) in [5.41, 5.74) is 8.73. The second-order valence-corrected chi connectivity index (χ2v) is 6.35. The Morgan fingerprint density at radius 3 is 3.18 bits per heavy atom. The SMILES string of the molecule is CN/C=C(\N)[C@@H]1CC2(CCN1)OCCc1cc(O)c(Cl)cc12. The molecule has 1 spiro atoms. The lowest BCUT2D eigenvalue weighted by Crippen LogP contribution is -2.51. The Morgan fingerprint density at radius 2 is 2.41 bits per heavy atom. The standard InChI is InChI=1S/C16H22ClN3O2/c1-19-9-13(18)14-8-16(3-4-20-14)11-7-12(17)15(21)6-10(11)2-5-22-16/h6-7,9,14,19-21H,2-5,8,18H2,1H3/b13-9-/t14-,16?/m0/s1. The number of hydrogen-bond donors (Lipinski definition) is 4. The predicted octanol–water partition coefficient (Wildman–Crippen LogP) is 1.59. The van der Waals surface area contributed by atoms with Gasteiger partial charge < -0.3 is 26.2 Å². The van der Waals surface area contributed by atoms with Gasteiger partial charge in [0.05, 0.1) is 23.3 Å². The Hall–Kier alpha value is -1.43. The Bertz CT molecular complexity index is 605. The van der Waals surface area contributed by atoms with Crippen LogP contribution in [-0.2, 0) is 16.8 Å². The second kappa shape index (κ2) is 5.99. The molecule has 1 saturated heterocycles. The molecule has 0 saturated carbocycles. The van der Waals surface area contributed by atoms with E-state index in [2.05, 4.69) is 10.6 Å². The average Bonchev–Trinajstić information content (AvgIpc) is 2.50. The largest absolute Gasteiger partial charge is 0.506 e. The molecule has 2 aliphatic heterocycles. The third-order valence-electron chi connectivity index (χ3n) is 4.58. The van der Waals surface area contributed by atoms with Gasteiger partial charge in [-0.15, -0.1) is 0 Å². The molecule has 0 bridgehead atoms. The highest BCUT2D eigenvalue weighted by Crippen LogP contribution is 2.44. The molecule has 1 unspecified atom stereocenters. The minimum absolute atomic E-state index is 0.0553. The third-order valence-corrected chi connectivity index (χ3v) is 4.88. The molecule has 2 heterocycles. The Labute approximate surface area is 135 Å². The first kappa shape index (κ1) is 15.5. The third kappa shape index (κ3) is 2.64. The highest BCUT2D eigenvalue weighted by Gasteiger charge is 2.43. The fraction of sp³-hybridized carbons (Fsp3) is 0.500. The summed E-state index contributed by atoms with van der Waals surface area (Å²) >= 11 is 6.13. The van der Waals surface area contributed by atoms with E-state index in [0.717, 1.165) is 42.6 Å². The van der Waals surface area contributed by atoms with Gasteiger partial charge in [-0.25, -0.2) is 0 Å². The quantitative estimate of drug-likeness (QED) is 0.664. The second-order valence-electron chi connectivity index (χ2n) is 5.95. The maximum absolute atomic E-state index is 9.85. The summed E-state index contributed by atoms with van der Waals surface area (Å²) in [4.78, 5) is 0. The van der Waals surface area contributed by atoms with Crippen LogP contribution in [0.15, 0.2) is 24.0 Å². The first-order valence-electron chi connectivity index (χ1n) is 7.58. The highest BCUT2D eigenvalue weighted by molar-refractivity contribution is 6.32. The van der Waals surface area contributed by atoms with E-state index in [1.54, 1.807) is 6.07 Å². The number of phenolic OH excluding ortho intramolecular Hbond substituents is 1. The zero-order valence-corrected chi connectivity index (χ0v) is 13.4. The van der Waals surface area contributed by atoms with Gasteiger partial charge in [-0.05, 0) is 42.6 Å². The monoisotopic (exact) mass is 323 g/mol. The average molecular weight is 324 g/mol. The maximum Gasteiger partial charge on any atom is 0.134 e. The van der Waals surface area contributed by atoms with Crippen LogP contribution >= 0.6 is 11.6 Å². The number of piperidine rings is 1. The van der Waals surface area contributed by atoms with Crippen molar-refractivity contribution in [2.24, 2.45) is 5.73 Å². The molecule has 0 aromatic heterocycles. The Kier molecular flexibility index (Phi) is 4.21. The lowest BCUT2D eigenvalue weighted by molar-refractivity contribution is -0.0867. The molecule has 1 aromatic rings. The van der Waals surface area contributed by atoms with E-state index < -0.39 is 0 Å². The lowest BCUT2D eigenvalue weighted by atomic mass is 9.77. The molecule has 3 rings (SSSR count). The molecule has 2 atom stereocenters. The highest BCUT2D eigenvalue weighted by atomic mass is 35.5. The van der Waals surface area contributed by atoms with Gasteiger partial charge in [0.2, 0.25) is 0 Å². The fourth-order valence-corrected chi connectivity index (χ4v) is 3.66. The van der Waals surface area contributed by atoms with E-state index in [9.17, 15) is 5.11 Å². The van der Waals surface area contributed by atoms with Gasteiger partial charge in [0.25, 0.3) is 0 Å². The van der Waals surface area contributed by atoms with Crippen LogP contribution in [0.4, 0.5) is 0 Å². The van der Waals surface area contributed by atoms with E-state index in [0.29, 0.717) is 11.6 Å². The van der Waals surface area contributed by atoms with Crippen molar-refractivity contribution in [1.29, 1.82) is 0 Å². The molecule has 0 amide bonds. The van der Waals surface area contributed by atoms with Crippen molar-refractivity contribution in [3.8, 4) is 5.75 Å². The van der Waals surface area contributed by atoms with Crippen LogP contribution in [-0.4, -0.2) is 31.3 Å². The molecule has 2 aliphatic rings. The zero-order chi connectivity index (χ0) is 15.7. The molecule has 0 aliphatic carbocycles. The molecule has 6 heteroatoms. The van der Waals surface area contributed by atoms with E-state index in [4.69, 9.17) is 22.1 Å². The molecular formula is C16H22ClN3O2. The first-order chi connectivity index (χ1) is 10.6. The van der Waals surface area contributed by atoms with Crippen molar-refractivity contribution < 1.29 is 9.84 Å². The smallest absolute Gasteiger partial charge is 0.134 e. The molecule has 0 radical (unpaired) electrons. The zero-order valence-electron chi connectivity index (χ0n) is 12.7. The van der Waals surface area contributed by atoms with Gasteiger partial charge in [-0.2, -0.15) is 0 Å². The summed E-state index contributed by atoms with van der Waals surface area (Å²) in [6.45, 7) is 1.47. The van der Waals surface area contributed by atoms with Crippen molar-refractivity contribution in [1.82, 2.24) is 10.6 Å². The van der Waals surface area contributed by atoms with Crippen LogP contribution in [0.2, 0.25) is 5.02 Å². The van der Waals surface area contributed by atoms with Gasteiger partial charge in [0, 0.05) is 25.4 Å². The number of ether oxygens (including phenoxy) is 1. The number of rotatable bonds is 2. The number of nitrogens with two attached hydrogens (primary N) is 1. The molecule has 1 aromatic carbocycles. The van der Waals surface area contributed by atoms with Crippen molar-refractivity contribution in [2.45, 2.75) is 30.9 Å². The number of aromatic hydroxyl groups is 1. The number of phenols is 1. The minimum Gasteiger partial charge on any atom is -0.506 e. The van der Waals surface area contributed by atoms with Gasteiger partial charge >= 0.3 is 0 Å². The molecule has 5 N–H and O–H groups in total. The van der Waals surface area contributed by atoms with Crippen molar-refractivity contribution in [3.05, 3.63) is 40.2 Å². The van der Waals surface area contributed by atoms with E-state index >= 15 is 0 Å². The summed E-state index contributed by atoms with van der Waals surface area (Å²) in [6, 6.07) is 3.68. The number of benzene rings is 1. The van der Waals surface area contributed by atoms with Crippen LogP contribution in [0, 0.1) is 0 Å². The van der Waals surface area contributed by atoms with Crippen LogP contribution in [0.1, 0.15) is 24.0 Å². The van der Waals surface area contributed by atoms with Crippen molar-refractivity contribution >= 4 is 11.6 Å². The van der Waals surface area contributed by atoms with Crippen LogP contribution in [0.5, 0.6) is 5.75 Å². The Balaban J connectivity index is 1.97. The summed E-state index contributed by atoms with van der Waals surface area (Å²) in [5, 5.41) is 16.6. The predicted molar refractivity (Wildman–Crippen MR) is 86.8 cm³/mol. The molecule has 1 fully saturated rings. The minimum atomic E-state index is -0.382. The van der Waals surface area contributed by atoms with Crippen LogP contribution < -0.4 is 16.4 Å². The number of fused-ring (bicyclic) bond motifs is 2. The number of hydrogen-bond acceptors (Lipinski definition) is 5. The summed E-state index contributed by atoms with van der Waals surface area (Å²) in [7, 11) is 1.83. The normalized spacial score (nSPS) is 28.5. The number of halogens is 1. The van der Waals surface area contributed by atoms with E-state index in [1.165, 1.54) is 0 Å². The molecular weight excluding hydrogens is 302 g/mol. The van der Waals surface area contributed by atoms with Gasteiger partial charge in [-0.3, -0.25) is 0 Å². The van der Waals surface area contributed by atoms with Gasteiger partial charge in [0.15, 0.2) is 0 Å². The summed E-state index contributed by atoms with van der Waals surface area (Å²) in [6.07, 6.45) is 4.22.